The predicted octanol–water partition coefficient (Wildman–Crippen LogP) is 3.42. The molecular weight excluding hydrogens is 446 g/mol. The number of hydrogen-bond acceptors (Lipinski definition) is 6. The van der Waals surface area contributed by atoms with E-state index in [0.717, 1.165) is 18.7 Å². The van der Waals surface area contributed by atoms with Gasteiger partial charge in [0, 0.05) is 50.6 Å². The minimum absolute atomic E-state index is 0.0644. The topological polar surface area (TPSA) is 74.5 Å². The van der Waals surface area contributed by atoms with Crippen LogP contribution in [0.2, 0.25) is 5.02 Å². The number of aromatic nitrogens is 3. The van der Waals surface area contributed by atoms with Crippen molar-refractivity contribution in [3.8, 4) is 11.4 Å². The minimum atomic E-state index is 0.0644. The van der Waals surface area contributed by atoms with Crippen molar-refractivity contribution in [2.75, 3.05) is 43.4 Å². The summed E-state index contributed by atoms with van der Waals surface area (Å²) in [5.41, 5.74) is 1.98. The van der Waals surface area contributed by atoms with Gasteiger partial charge in [-0.3, -0.25) is 4.79 Å². The first-order chi connectivity index (χ1) is 15.7. The van der Waals surface area contributed by atoms with Crippen molar-refractivity contribution in [1.82, 2.24) is 19.7 Å². The molecule has 0 aliphatic carbocycles. The molecule has 7 nitrogen and oxygen atoms in total. The Balaban J connectivity index is 1.39. The van der Waals surface area contributed by atoms with Gasteiger partial charge in [0.15, 0.2) is 11.0 Å². The van der Waals surface area contributed by atoms with E-state index in [1.54, 1.807) is 0 Å². The molecule has 0 saturated carbocycles. The molecule has 1 aliphatic rings. The second-order valence-corrected chi connectivity index (χ2v) is 8.86. The Kier molecular flexibility index (Phi) is 7.68. The molecule has 168 valence electrons. The third-order valence-electron chi connectivity index (χ3n) is 5.45. The fraction of sp³-hybridized carbons (Fsp3) is 0.348. The van der Waals surface area contributed by atoms with Gasteiger partial charge in [0.1, 0.15) is 0 Å². The Morgan fingerprint density at radius 3 is 2.44 bits per heavy atom. The molecule has 0 atom stereocenters. The third-order valence-corrected chi connectivity index (χ3v) is 6.73. The number of carbonyl (C=O) groups is 1. The summed E-state index contributed by atoms with van der Waals surface area (Å²) in [6, 6.07) is 17.8. The molecule has 0 radical (unpaired) electrons. The van der Waals surface area contributed by atoms with Crippen molar-refractivity contribution in [3.63, 3.8) is 0 Å². The molecule has 1 fully saturated rings. The predicted molar refractivity (Wildman–Crippen MR) is 128 cm³/mol. The molecule has 9 heteroatoms. The number of rotatable bonds is 8. The molecule has 2 heterocycles. The van der Waals surface area contributed by atoms with Crippen LogP contribution in [-0.2, 0) is 11.3 Å². The van der Waals surface area contributed by atoms with Gasteiger partial charge in [-0.25, -0.2) is 0 Å². The molecular formula is C23H26ClN5O2S. The summed E-state index contributed by atoms with van der Waals surface area (Å²) in [4.78, 5) is 17.1. The number of amides is 1. The zero-order chi connectivity index (χ0) is 22.3. The average Bonchev–Trinajstić information content (AvgIpc) is 3.24. The van der Waals surface area contributed by atoms with E-state index in [2.05, 4.69) is 27.2 Å². The van der Waals surface area contributed by atoms with Crippen LogP contribution in [0.5, 0.6) is 0 Å². The number of hydrogen-bond donors (Lipinski definition) is 1. The first-order valence-electron chi connectivity index (χ1n) is 10.7. The molecule has 1 amide bonds. The highest BCUT2D eigenvalue weighted by atomic mass is 35.5. The summed E-state index contributed by atoms with van der Waals surface area (Å²) >= 11 is 7.73. The standard InChI is InChI=1S/C23H26ClN5O2S/c24-20-10-5-4-9-19(20)22-25-26-23(29(22)11-6-16-30)32-17-21(31)28-14-12-27(13-15-28)18-7-2-1-3-8-18/h1-5,7-10,30H,6,11-17H2. The first kappa shape index (κ1) is 22.6. The molecule has 4 rings (SSSR count). The maximum absolute atomic E-state index is 12.8. The van der Waals surface area contributed by atoms with Gasteiger partial charge in [-0.1, -0.05) is 53.7 Å². The van der Waals surface area contributed by atoms with Crippen molar-refractivity contribution in [2.45, 2.75) is 18.1 Å². The maximum Gasteiger partial charge on any atom is 0.233 e. The van der Waals surface area contributed by atoms with Crippen LogP contribution < -0.4 is 4.90 Å². The Morgan fingerprint density at radius 2 is 1.72 bits per heavy atom. The zero-order valence-corrected chi connectivity index (χ0v) is 19.3. The normalized spacial score (nSPS) is 14.1. The van der Waals surface area contributed by atoms with E-state index in [1.165, 1.54) is 17.4 Å². The highest BCUT2D eigenvalue weighted by Crippen LogP contribution is 2.29. The van der Waals surface area contributed by atoms with Crippen molar-refractivity contribution in [3.05, 3.63) is 59.6 Å². The molecule has 2 aromatic carbocycles. The number of para-hydroxylation sites is 1. The lowest BCUT2D eigenvalue weighted by molar-refractivity contribution is -0.128. The van der Waals surface area contributed by atoms with E-state index >= 15 is 0 Å². The number of carbonyl (C=O) groups excluding carboxylic acids is 1. The van der Waals surface area contributed by atoms with Crippen LogP contribution in [0.3, 0.4) is 0 Å². The minimum Gasteiger partial charge on any atom is -0.396 e. The van der Waals surface area contributed by atoms with Gasteiger partial charge in [-0.2, -0.15) is 0 Å². The van der Waals surface area contributed by atoms with Crippen molar-refractivity contribution in [2.24, 2.45) is 0 Å². The lowest BCUT2D eigenvalue weighted by Crippen LogP contribution is -2.49. The zero-order valence-electron chi connectivity index (χ0n) is 17.7. The number of benzene rings is 2. The van der Waals surface area contributed by atoms with Crippen LogP contribution in [0.1, 0.15) is 6.42 Å². The number of nitrogens with zero attached hydrogens (tertiary/aromatic N) is 5. The second kappa shape index (κ2) is 10.8. The van der Waals surface area contributed by atoms with Crippen LogP contribution >= 0.6 is 23.4 Å². The first-order valence-corrected chi connectivity index (χ1v) is 12.0. The molecule has 1 saturated heterocycles. The number of aliphatic hydroxyl groups excluding tert-OH is 1. The third kappa shape index (κ3) is 5.26. The molecule has 1 N–H and O–H groups in total. The Bertz CT molecular complexity index is 1040. The summed E-state index contributed by atoms with van der Waals surface area (Å²) < 4.78 is 1.93. The summed E-state index contributed by atoms with van der Waals surface area (Å²) in [7, 11) is 0. The van der Waals surface area contributed by atoms with E-state index < -0.39 is 0 Å². The smallest absolute Gasteiger partial charge is 0.233 e. The lowest BCUT2D eigenvalue weighted by Gasteiger charge is -2.36. The van der Waals surface area contributed by atoms with Crippen molar-refractivity contribution >= 4 is 35.0 Å². The number of piperazine rings is 1. The Labute approximate surface area is 197 Å². The van der Waals surface area contributed by atoms with Crippen LogP contribution in [-0.4, -0.2) is 69.2 Å². The fourth-order valence-electron chi connectivity index (χ4n) is 3.74. The van der Waals surface area contributed by atoms with Crippen LogP contribution in [0.15, 0.2) is 59.8 Å². The van der Waals surface area contributed by atoms with Gasteiger partial charge in [0.05, 0.1) is 10.8 Å². The number of anilines is 1. The fourth-order valence-corrected chi connectivity index (χ4v) is 4.83. The number of halogens is 1. The quantitative estimate of drug-likeness (QED) is 0.507. The molecule has 3 aromatic rings. The summed E-state index contributed by atoms with van der Waals surface area (Å²) in [6.45, 7) is 3.67. The van der Waals surface area contributed by atoms with Crippen LogP contribution in [0.25, 0.3) is 11.4 Å². The number of thioether (sulfide) groups is 1. The van der Waals surface area contributed by atoms with Gasteiger partial charge in [-0.15, -0.1) is 10.2 Å². The largest absolute Gasteiger partial charge is 0.396 e. The van der Waals surface area contributed by atoms with Crippen molar-refractivity contribution < 1.29 is 9.90 Å². The SMILES string of the molecule is O=C(CSc1nnc(-c2ccccc2Cl)n1CCCO)N1CCN(c2ccccc2)CC1. The van der Waals surface area contributed by atoms with Crippen LogP contribution in [0.4, 0.5) is 5.69 Å². The van der Waals surface area contributed by atoms with Gasteiger partial charge in [0.2, 0.25) is 5.91 Å². The van der Waals surface area contributed by atoms with Gasteiger partial charge >= 0.3 is 0 Å². The van der Waals surface area contributed by atoms with E-state index in [4.69, 9.17) is 11.6 Å². The molecule has 1 aliphatic heterocycles. The summed E-state index contributed by atoms with van der Waals surface area (Å²) in [6.07, 6.45) is 0.568. The van der Waals surface area contributed by atoms with Gasteiger partial charge < -0.3 is 19.5 Å². The van der Waals surface area contributed by atoms with Crippen molar-refractivity contribution in [1.29, 1.82) is 0 Å². The van der Waals surface area contributed by atoms with E-state index in [-0.39, 0.29) is 12.5 Å². The Morgan fingerprint density at radius 1 is 1.00 bits per heavy atom. The monoisotopic (exact) mass is 471 g/mol. The molecule has 0 spiro atoms. The van der Waals surface area contributed by atoms with E-state index in [1.807, 2.05) is 51.9 Å². The Hall–Kier alpha value is -2.55. The second-order valence-electron chi connectivity index (χ2n) is 7.51. The maximum atomic E-state index is 12.8. The highest BCUT2D eigenvalue weighted by molar-refractivity contribution is 7.99. The summed E-state index contributed by atoms with van der Waals surface area (Å²) in [5, 5.41) is 19.2. The van der Waals surface area contributed by atoms with E-state index in [0.29, 0.717) is 47.8 Å². The van der Waals surface area contributed by atoms with Crippen LogP contribution in [0, 0.1) is 0 Å². The lowest BCUT2D eigenvalue weighted by atomic mass is 10.2. The molecule has 1 aromatic heterocycles. The molecule has 32 heavy (non-hydrogen) atoms. The molecule has 0 unspecified atom stereocenters. The van der Waals surface area contributed by atoms with Gasteiger partial charge in [-0.05, 0) is 30.7 Å². The highest BCUT2D eigenvalue weighted by Gasteiger charge is 2.23. The average molecular weight is 472 g/mol. The number of aliphatic hydroxyl groups is 1. The molecule has 0 bridgehead atoms. The van der Waals surface area contributed by atoms with E-state index in [9.17, 15) is 9.90 Å². The van der Waals surface area contributed by atoms with Gasteiger partial charge in [0.25, 0.3) is 0 Å². The summed E-state index contributed by atoms with van der Waals surface area (Å²) in [5.74, 6) is 1.04.